The molecule has 0 aliphatic carbocycles. The first-order chi connectivity index (χ1) is 10.1. The fourth-order valence-electron chi connectivity index (χ4n) is 2.33. The van der Waals surface area contributed by atoms with Crippen LogP contribution in [-0.2, 0) is 4.79 Å². The van der Waals surface area contributed by atoms with E-state index in [2.05, 4.69) is 24.8 Å². The van der Waals surface area contributed by atoms with E-state index in [0.29, 0.717) is 6.54 Å². The molecule has 21 heavy (non-hydrogen) atoms. The minimum Gasteiger partial charge on any atom is -0.304 e. The molecule has 1 aliphatic rings. The Balaban J connectivity index is 0.00000106. The van der Waals surface area contributed by atoms with Crippen molar-refractivity contribution in [1.82, 2.24) is 0 Å². The predicted molar refractivity (Wildman–Crippen MR) is 91.7 cm³/mol. The number of benzene rings is 1. The van der Waals surface area contributed by atoms with E-state index >= 15 is 0 Å². The van der Waals surface area contributed by atoms with Gasteiger partial charge in [0, 0.05) is 11.3 Å². The Kier molecular flexibility index (Phi) is 6.16. The molecule has 1 aliphatic heterocycles. The second-order valence-electron chi connectivity index (χ2n) is 4.82. The van der Waals surface area contributed by atoms with Gasteiger partial charge in [-0.25, -0.2) is 0 Å². The molecule has 1 aromatic rings. The molecule has 1 aromatic carbocycles. The van der Waals surface area contributed by atoms with Gasteiger partial charge in [0.25, 0.3) is 5.91 Å². The molecule has 2 nitrogen and oxygen atoms in total. The van der Waals surface area contributed by atoms with E-state index in [1.807, 2.05) is 51.7 Å². The quantitative estimate of drug-likeness (QED) is 0.785. The van der Waals surface area contributed by atoms with Crippen LogP contribution in [0.4, 0.5) is 5.69 Å². The van der Waals surface area contributed by atoms with Crippen molar-refractivity contribution in [1.29, 1.82) is 0 Å². The second-order valence-corrected chi connectivity index (χ2v) is 4.82. The van der Waals surface area contributed by atoms with Gasteiger partial charge in [0.2, 0.25) is 0 Å². The first kappa shape index (κ1) is 17.0. The third-order valence-electron chi connectivity index (χ3n) is 3.39. The van der Waals surface area contributed by atoms with E-state index in [9.17, 15) is 4.79 Å². The van der Waals surface area contributed by atoms with Crippen LogP contribution in [0.25, 0.3) is 0 Å². The molecule has 2 rings (SSSR count). The lowest BCUT2D eigenvalue weighted by Gasteiger charge is -2.19. The van der Waals surface area contributed by atoms with Crippen LogP contribution in [0, 0.1) is 13.8 Å². The second kappa shape index (κ2) is 7.63. The maximum Gasteiger partial charge on any atom is 0.258 e. The van der Waals surface area contributed by atoms with Crippen LogP contribution in [0.15, 0.2) is 54.2 Å². The average Bonchev–Trinajstić information content (AvgIpc) is 2.81. The van der Waals surface area contributed by atoms with Crippen LogP contribution < -0.4 is 4.90 Å². The van der Waals surface area contributed by atoms with Gasteiger partial charge < -0.3 is 4.90 Å². The molecular formula is C19H25NO. The first-order valence-electron chi connectivity index (χ1n) is 7.46. The fraction of sp³-hybridized carbons (Fsp3) is 0.316. The molecular weight excluding hydrogens is 258 g/mol. The number of hydrogen-bond donors (Lipinski definition) is 0. The monoisotopic (exact) mass is 283 g/mol. The molecule has 0 aromatic heterocycles. The normalized spacial score (nSPS) is 14.5. The Labute approximate surface area is 128 Å². The van der Waals surface area contributed by atoms with E-state index in [-0.39, 0.29) is 5.91 Å². The van der Waals surface area contributed by atoms with E-state index < -0.39 is 0 Å². The van der Waals surface area contributed by atoms with Gasteiger partial charge in [-0.05, 0) is 43.5 Å². The molecule has 2 heteroatoms. The number of anilines is 1. The minimum absolute atomic E-state index is 0.0571. The summed E-state index contributed by atoms with van der Waals surface area (Å²) in [4.78, 5) is 14.3. The highest BCUT2D eigenvalue weighted by Gasteiger charge is 2.29. The lowest BCUT2D eigenvalue weighted by Crippen LogP contribution is -2.27. The van der Waals surface area contributed by atoms with Gasteiger partial charge in [-0.15, -0.1) is 0 Å². The van der Waals surface area contributed by atoms with Gasteiger partial charge in [0.05, 0.1) is 6.54 Å². The van der Waals surface area contributed by atoms with E-state index in [0.717, 1.165) is 28.0 Å². The number of carbonyl (C=O) groups is 1. The number of amides is 1. The van der Waals surface area contributed by atoms with Gasteiger partial charge >= 0.3 is 0 Å². The highest BCUT2D eigenvalue weighted by molar-refractivity contribution is 6.12. The molecule has 1 amide bonds. The number of aryl methyl sites for hydroxylation is 2. The molecule has 0 radical (unpaired) electrons. The number of hydrogen-bond acceptors (Lipinski definition) is 1. The lowest BCUT2D eigenvalue weighted by atomic mass is 10.1. The maximum atomic E-state index is 12.5. The summed E-state index contributed by atoms with van der Waals surface area (Å²) in [5.41, 5.74) is 5.00. The van der Waals surface area contributed by atoms with Gasteiger partial charge in [-0.3, -0.25) is 4.79 Å². The van der Waals surface area contributed by atoms with Gasteiger partial charge in [-0.2, -0.15) is 0 Å². The van der Waals surface area contributed by atoms with Crippen molar-refractivity contribution in [3.63, 3.8) is 0 Å². The van der Waals surface area contributed by atoms with Crippen LogP contribution in [-0.4, -0.2) is 12.5 Å². The molecule has 0 spiro atoms. The zero-order valence-electron chi connectivity index (χ0n) is 13.7. The third kappa shape index (κ3) is 3.52. The highest BCUT2D eigenvalue weighted by Crippen LogP contribution is 2.30. The summed E-state index contributed by atoms with van der Waals surface area (Å²) in [6.07, 6.45) is 5.53. The number of nitrogens with zero attached hydrogens (tertiary/aromatic N) is 1. The molecule has 0 saturated heterocycles. The van der Waals surface area contributed by atoms with Crippen LogP contribution in [0.2, 0.25) is 0 Å². The minimum atomic E-state index is 0.0571. The molecule has 0 bridgehead atoms. The maximum absolute atomic E-state index is 12.5. The Morgan fingerprint density at radius 2 is 1.90 bits per heavy atom. The van der Waals surface area contributed by atoms with Crippen LogP contribution >= 0.6 is 0 Å². The van der Waals surface area contributed by atoms with Crippen LogP contribution in [0.3, 0.4) is 0 Å². The zero-order chi connectivity index (χ0) is 16.0. The highest BCUT2D eigenvalue weighted by atomic mass is 16.2. The van der Waals surface area contributed by atoms with Crippen molar-refractivity contribution < 1.29 is 4.79 Å². The van der Waals surface area contributed by atoms with E-state index in [4.69, 9.17) is 0 Å². The number of allylic oxidation sites excluding steroid dienone is 1. The molecule has 0 saturated carbocycles. The van der Waals surface area contributed by atoms with E-state index in [1.54, 1.807) is 6.08 Å². The van der Waals surface area contributed by atoms with Crippen LogP contribution in [0.5, 0.6) is 0 Å². The lowest BCUT2D eigenvalue weighted by molar-refractivity contribution is -0.114. The fourth-order valence-corrected chi connectivity index (χ4v) is 2.33. The Morgan fingerprint density at radius 3 is 2.48 bits per heavy atom. The summed E-state index contributed by atoms with van der Waals surface area (Å²) in [6, 6.07) is 6.18. The van der Waals surface area contributed by atoms with Crippen molar-refractivity contribution in [2.45, 2.75) is 34.6 Å². The first-order valence-corrected chi connectivity index (χ1v) is 7.46. The van der Waals surface area contributed by atoms with Crippen molar-refractivity contribution in [3.05, 3.63) is 65.3 Å². The largest absolute Gasteiger partial charge is 0.304 e. The molecule has 0 atom stereocenters. The molecule has 0 unspecified atom stereocenters. The van der Waals surface area contributed by atoms with Gasteiger partial charge in [-0.1, -0.05) is 50.8 Å². The van der Waals surface area contributed by atoms with Crippen molar-refractivity contribution in [3.8, 4) is 0 Å². The van der Waals surface area contributed by atoms with Gasteiger partial charge in [0.15, 0.2) is 0 Å². The standard InChI is InChI=1S/C17H19NO.C2H6/c1-5-7-15-14(6-2)11-18(17(15)19)16-10-12(3)8-9-13(16)4;1-2/h5-10H,2,11H2,1,3-4H3;1-2H3/b7-5-;. The number of rotatable bonds is 3. The summed E-state index contributed by atoms with van der Waals surface area (Å²) in [5, 5.41) is 0. The van der Waals surface area contributed by atoms with Crippen molar-refractivity contribution in [2.24, 2.45) is 0 Å². The summed E-state index contributed by atoms with van der Waals surface area (Å²) < 4.78 is 0. The summed E-state index contributed by atoms with van der Waals surface area (Å²) >= 11 is 0. The van der Waals surface area contributed by atoms with Crippen LogP contribution in [0.1, 0.15) is 31.9 Å². The average molecular weight is 283 g/mol. The molecule has 1 heterocycles. The van der Waals surface area contributed by atoms with E-state index in [1.165, 1.54) is 0 Å². The Hall–Kier alpha value is -2.09. The number of carbonyl (C=O) groups excluding carboxylic acids is 1. The molecule has 112 valence electrons. The van der Waals surface area contributed by atoms with Crippen molar-refractivity contribution in [2.75, 3.05) is 11.4 Å². The summed E-state index contributed by atoms with van der Waals surface area (Å²) in [5.74, 6) is 0.0571. The SMILES string of the molecule is C=CC1=C(/C=C\C)C(=O)N(c2cc(C)ccc2C)C1.CC. The Bertz CT molecular complexity index is 594. The third-order valence-corrected chi connectivity index (χ3v) is 3.39. The molecule has 0 N–H and O–H groups in total. The summed E-state index contributed by atoms with van der Waals surface area (Å²) in [6.45, 7) is 14.4. The summed E-state index contributed by atoms with van der Waals surface area (Å²) in [7, 11) is 0. The molecule has 0 fully saturated rings. The topological polar surface area (TPSA) is 20.3 Å². The zero-order valence-corrected chi connectivity index (χ0v) is 13.7. The Morgan fingerprint density at radius 1 is 1.24 bits per heavy atom. The van der Waals surface area contributed by atoms with Gasteiger partial charge in [0.1, 0.15) is 0 Å². The van der Waals surface area contributed by atoms with Crippen molar-refractivity contribution >= 4 is 11.6 Å². The predicted octanol–water partition coefficient (Wildman–Crippen LogP) is 4.73. The smallest absolute Gasteiger partial charge is 0.258 e.